The molecule has 0 aliphatic carbocycles. The second kappa shape index (κ2) is 6.21. The molecule has 1 amide bonds. The Bertz CT molecular complexity index is 649. The lowest BCUT2D eigenvalue weighted by atomic mass is 10.2. The van der Waals surface area contributed by atoms with Crippen LogP contribution in [0.2, 0.25) is 0 Å². The van der Waals surface area contributed by atoms with Crippen LogP contribution >= 0.6 is 0 Å². The summed E-state index contributed by atoms with van der Waals surface area (Å²) >= 11 is 0. The summed E-state index contributed by atoms with van der Waals surface area (Å²) in [5.74, 6) is 2.10. The van der Waals surface area contributed by atoms with E-state index in [-0.39, 0.29) is 11.9 Å². The third-order valence-corrected chi connectivity index (χ3v) is 3.94. The van der Waals surface area contributed by atoms with Crippen LogP contribution < -0.4 is 4.74 Å². The van der Waals surface area contributed by atoms with Crippen molar-refractivity contribution in [1.29, 1.82) is 0 Å². The molecule has 0 aromatic carbocycles. The van der Waals surface area contributed by atoms with Crippen molar-refractivity contribution in [2.75, 3.05) is 13.7 Å². The highest BCUT2D eigenvalue weighted by Crippen LogP contribution is 2.30. The summed E-state index contributed by atoms with van der Waals surface area (Å²) in [6, 6.07) is 1.77. The molecule has 1 saturated heterocycles. The molecule has 0 radical (unpaired) electrons. The quantitative estimate of drug-likeness (QED) is 0.913. The van der Waals surface area contributed by atoms with E-state index in [0.717, 1.165) is 30.9 Å². The van der Waals surface area contributed by atoms with Gasteiger partial charge < -0.3 is 19.1 Å². The van der Waals surface area contributed by atoms with Crippen LogP contribution in [0.4, 0.5) is 0 Å². The van der Waals surface area contributed by atoms with Gasteiger partial charge in [-0.2, -0.15) is 0 Å². The van der Waals surface area contributed by atoms with E-state index in [1.807, 2.05) is 11.8 Å². The van der Waals surface area contributed by atoms with Crippen LogP contribution in [0.3, 0.4) is 0 Å². The van der Waals surface area contributed by atoms with E-state index < -0.39 is 0 Å². The lowest BCUT2D eigenvalue weighted by Gasteiger charge is -2.23. The molecule has 3 rings (SSSR count). The molecule has 0 saturated carbocycles. The Morgan fingerprint density at radius 3 is 3.14 bits per heavy atom. The number of hydrogen-bond donors (Lipinski definition) is 1. The van der Waals surface area contributed by atoms with Gasteiger partial charge in [-0.05, 0) is 24.9 Å². The van der Waals surface area contributed by atoms with E-state index >= 15 is 0 Å². The predicted octanol–water partition coefficient (Wildman–Crippen LogP) is 2.01. The minimum atomic E-state index is 0.0606. The van der Waals surface area contributed by atoms with Crippen molar-refractivity contribution < 1.29 is 14.1 Å². The van der Waals surface area contributed by atoms with Crippen molar-refractivity contribution in [3.63, 3.8) is 0 Å². The number of carbonyl (C=O) groups is 1. The van der Waals surface area contributed by atoms with Crippen LogP contribution in [-0.4, -0.2) is 39.6 Å². The van der Waals surface area contributed by atoms with E-state index in [2.05, 4.69) is 15.1 Å². The summed E-state index contributed by atoms with van der Waals surface area (Å²) in [7, 11) is 1.53. The van der Waals surface area contributed by atoms with Gasteiger partial charge in [-0.1, -0.05) is 0 Å². The minimum absolute atomic E-state index is 0.0606. The van der Waals surface area contributed by atoms with Gasteiger partial charge in [-0.15, -0.1) is 0 Å². The Hall–Kier alpha value is -2.31. The Kier molecular flexibility index (Phi) is 4.13. The van der Waals surface area contributed by atoms with Gasteiger partial charge in [0.25, 0.3) is 5.88 Å². The first kappa shape index (κ1) is 14.6. The largest absolute Gasteiger partial charge is 0.479 e. The summed E-state index contributed by atoms with van der Waals surface area (Å²) in [5, 5.41) is 3.74. The molecule has 7 heteroatoms. The van der Waals surface area contributed by atoms with E-state index in [4.69, 9.17) is 9.26 Å². The molecule has 1 atom stereocenters. The zero-order valence-corrected chi connectivity index (χ0v) is 12.8. The van der Waals surface area contributed by atoms with Gasteiger partial charge in [-0.3, -0.25) is 4.79 Å². The fraction of sp³-hybridized carbons (Fsp3) is 0.533. The summed E-state index contributed by atoms with van der Waals surface area (Å²) < 4.78 is 10.1. The van der Waals surface area contributed by atoms with Gasteiger partial charge in [0.05, 0.1) is 13.2 Å². The van der Waals surface area contributed by atoms with E-state index in [1.165, 1.54) is 7.11 Å². The van der Waals surface area contributed by atoms with Gasteiger partial charge in [-0.25, -0.2) is 4.98 Å². The highest BCUT2D eigenvalue weighted by molar-refractivity contribution is 5.77. The van der Waals surface area contributed by atoms with Crippen molar-refractivity contribution >= 4 is 5.91 Å². The number of imidazole rings is 1. The highest BCUT2D eigenvalue weighted by Gasteiger charge is 2.31. The average molecular weight is 304 g/mol. The zero-order valence-electron chi connectivity index (χ0n) is 12.8. The average Bonchev–Trinajstić information content (AvgIpc) is 3.24. The molecule has 118 valence electrons. The first-order valence-corrected chi connectivity index (χ1v) is 7.48. The molecule has 1 aliphatic rings. The SMILES string of the molecule is COc1cc(CCC(=O)N2CCC[C@H]2c2ncc(C)[nH]2)on1. The fourth-order valence-electron chi connectivity index (χ4n) is 2.83. The van der Waals surface area contributed by atoms with Gasteiger partial charge in [0.1, 0.15) is 11.6 Å². The highest BCUT2D eigenvalue weighted by atomic mass is 16.5. The van der Waals surface area contributed by atoms with Crippen LogP contribution in [0.25, 0.3) is 0 Å². The molecule has 22 heavy (non-hydrogen) atoms. The first-order chi connectivity index (χ1) is 10.7. The molecule has 0 spiro atoms. The molecule has 1 N–H and O–H groups in total. The van der Waals surface area contributed by atoms with Crippen LogP contribution in [0.15, 0.2) is 16.8 Å². The number of likely N-dealkylation sites (tertiary alicyclic amines) is 1. The van der Waals surface area contributed by atoms with Gasteiger partial charge in [0, 0.05) is 37.3 Å². The number of rotatable bonds is 5. The molecule has 2 aromatic rings. The molecular formula is C15H20N4O3. The number of H-pyrrole nitrogens is 1. The Morgan fingerprint density at radius 1 is 1.59 bits per heavy atom. The number of ether oxygens (including phenoxy) is 1. The number of aryl methyl sites for hydroxylation is 2. The molecule has 0 unspecified atom stereocenters. The summed E-state index contributed by atoms with van der Waals surface area (Å²) in [5.41, 5.74) is 1.02. The maximum absolute atomic E-state index is 12.5. The van der Waals surface area contributed by atoms with Gasteiger partial charge in [0.2, 0.25) is 5.91 Å². The maximum atomic E-state index is 12.5. The Morgan fingerprint density at radius 2 is 2.45 bits per heavy atom. The number of amides is 1. The van der Waals surface area contributed by atoms with Crippen LogP contribution in [-0.2, 0) is 11.2 Å². The number of aromatic nitrogens is 3. The summed E-state index contributed by atoms with van der Waals surface area (Å²) in [6.07, 6.45) is 4.68. The molecule has 1 fully saturated rings. The number of carbonyl (C=O) groups excluding carboxylic acids is 1. The first-order valence-electron chi connectivity index (χ1n) is 7.48. The number of nitrogens with one attached hydrogen (secondary N) is 1. The maximum Gasteiger partial charge on any atom is 0.254 e. The summed E-state index contributed by atoms with van der Waals surface area (Å²) in [6.45, 7) is 2.75. The molecular weight excluding hydrogens is 284 g/mol. The lowest BCUT2D eigenvalue weighted by molar-refractivity contribution is -0.132. The normalized spacial score (nSPS) is 17.9. The molecule has 7 nitrogen and oxygen atoms in total. The van der Waals surface area contributed by atoms with Gasteiger partial charge >= 0.3 is 0 Å². The third kappa shape index (κ3) is 2.98. The van der Waals surface area contributed by atoms with Crippen molar-refractivity contribution in [1.82, 2.24) is 20.0 Å². The Balaban J connectivity index is 1.61. The second-order valence-corrected chi connectivity index (χ2v) is 5.53. The molecule has 3 heterocycles. The number of nitrogens with zero attached hydrogens (tertiary/aromatic N) is 3. The Labute approximate surface area is 128 Å². The second-order valence-electron chi connectivity index (χ2n) is 5.53. The molecule has 0 bridgehead atoms. The number of methoxy groups -OCH3 is 1. The number of hydrogen-bond acceptors (Lipinski definition) is 5. The fourth-order valence-corrected chi connectivity index (χ4v) is 2.83. The van der Waals surface area contributed by atoms with E-state index in [9.17, 15) is 4.79 Å². The van der Waals surface area contributed by atoms with Gasteiger partial charge in [0.15, 0.2) is 0 Å². The number of aromatic amines is 1. The lowest BCUT2D eigenvalue weighted by Crippen LogP contribution is -2.31. The third-order valence-electron chi connectivity index (χ3n) is 3.94. The van der Waals surface area contributed by atoms with Crippen molar-refractivity contribution in [2.45, 2.75) is 38.6 Å². The van der Waals surface area contributed by atoms with E-state index in [1.54, 1.807) is 12.3 Å². The van der Waals surface area contributed by atoms with Crippen LogP contribution in [0.1, 0.15) is 42.6 Å². The van der Waals surface area contributed by atoms with E-state index in [0.29, 0.717) is 24.5 Å². The van der Waals surface area contributed by atoms with Crippen molar-refractivity contribution in [3.8, 4) is 5.88 Å². The van der Waals surface area contributed by atoms with Crippen molar-refractivity contribution in [2.24, 2.45) is 0 Å². The monoisotopic (exact) mass is 304 g/mol. The zero-order chi connectivity index (χ0) is 15.5. The van der Waals surface area contributed by atoms with Crippen molar-refractivity contribution in [3.05, 3.63) is 29.5 Å². The smallest absolute Gasteiger partial charge is 0.254 e. The molecule has 1 aliphatic heterocycles. The summed E-state index contributed by atoms with van der Waals surface area (Å²) in [4.78, 5) is 22.0. The minimum Gasteiger partial charge on any atom is -0.479 e. The van der Waals surface area contributed by atoms with Crippen LogP contribution in [0.5, 0.6) is 5.88 Å². The predicted molar refractivity (Wildman–Crippen MR) is 78.4 cm³/mol. The standard InChI is InChI=1S/C15H20N4O3/c1-10-9-16-15(17-10)12-4-3-7-19(12)14(20)6-5-11-8-13(21-2)18-22-11/h8-9,12H,3-7H2,1-2H3,(H,16,17)/t12-/m0/s1. The van der Waals surface area contributed by atoms with Crippen LogP contribution in [0, 0.1) is 6.92 Å². The topological polar surface area (TPSA) is 84.2 Å². The molecule has 2 aromatic heterocycles.